The minimum absolute atomic E-state index is 0.965. The van der Waals surface area contributed by atoms with E-state index >= 15 is 0 Å². The van der Waals surface area contributed by atoms with Gasteiger partial charge in [0.05, 0.1) is 0 Å². The average molecular weight is 201 g/mol. The van der Waals surface area contributed by atoms with Crippen LogP contribution in [0.2, 0.25) is 0 Å². The van der Waals surface area contributed by atoms with Crippen LogP contribution in [0.25, 0.3) is 0 Å². The van der Waals surface area contributed by atoms with Crippen molar-refractivity contribution in [2.24, 2.45) is 0 Å². The first kappa shape index (κ1) is 9.78. The molecule has 0 aliphatic rings. The van der Waals surface area contributed by atoms with Crippen LogP contribution < -0.4 is 0 Å². The van der Waals surface area contributed by atoms with E-state index in [-0.39, 0.29) is 0 Å². The van der Waals surface area contributed by atoms with E-state index in [1.165, 1.54) is 6.42 Å². The summed E-state index contributed by atoms with van der Waals surface area (Å²) in [5.74, 6) is 5.90. The molecule has 0 rings (SSSR count). The van der Waals surface area contributed by atoms with E-state index in [9.17, 15) is 0 Å². The summed E-state index contributed by atoms with van der Waals surface area (Å²) in [6.45, 7) is 1.88. The SMILES string of the molecule is CC#CCCC/C=C/CBr. The molecular weight excluding hydrogens is 188 g/mol. The lowest BCUT2D eigenvalue weighted by Crippen LogP contribution is -1.69. The maximum atomic E-state index is 3.32. The van der Waals surface area contributed by atoms with Crippen molar-refractivity contribution in [2.75, 3.05) is 5.33 Å². The van der Waals surface area contributed by atoms with Crippen molar-refractivity contribution < 1.29 is 0 Å². The fourth-order valence-electron chi connectivity index (χ4n) is 0.614. The zero-order valence-electron chi connectivity index (χ0n) is 6.36. The van der Waals surface area contributed by atoms with E-state index in [0.717, 1.165) is 18.2 Å². The van der Waals surface area contributed by atoms with Gasteiger partial charge in [0, 0.05) is 11.8 Å². The van der Waals surface area contributed by atoms with Crippen molar-refractivity contribution in [1.82, 2.24) is 0 Å². The second kappa shape index (κ2) is 8.78. The average Bonchev–Trinajstić information content (AvgIpc) is 1.97. The van der Waals surface area contributed by atoms with E-state index in [4.69, 9.17) is 0 Å². The van der Waals surface area contributed by atoms with E-state index in [1.54, 1.807) is 0 Å². The predicted octanol–water partition coefficient (Wildman–Crippen LogP) is 3.13. The first-order valence-corrected chi connectivity index (χ1v) is 4.64. The molecule has 0 unspecified atom stereocenters. The van der Waals surface area contributed by atoms with Gasteiger partial charge in [-0.05, 0) is 19.8 Å². The molecule has 0 aromatic carbocycles. The molecule has 0 spiro atoms. The minimum atomic E-state index is 0.965. The normalized spacial score (nSPS) is 9.40. The number of allylic oxidation sites excluding steroid dienone is 2. The molecule has 0 fully saturated rings. The van der Waals surface area contributed by atoms with Gasteiger partial charge in [-0.15, -0.1) is 11.8 Å². The summed E-state index contributed by atoms with van der Waals surface area (Å²) >= 11 is 3.32. The Hall–Kier alpha value is -0.220. The van der Waals surface area contributed by atoms with Crippen LogP contribution >= 0.6 is 15.9 Å². The number of unbranched alkanes of at least 4 members (excludes halogenated alkanes) is 2. The highest BCUT2D eigenvalue weighted by Gasteiger charge is 1.77. The van der Waals surface area contributed by atoms with E-state index < -0.39 is 0 Å². The van der Waals surface area contributed by atoms with Gasteiger partial charge in [-0.3, -0.25) is 0 Å². The summed E-state index contributed by atoms with van der Waals surface area (Å²) in [4.78, 5) is 0. The topological polar surface area (TPSA) is 0 Å². The lowest BCUT2D eigenvalue weighted by atomic mass is 10.2. The highest BCUT2D eigenvalue weighted by atomic mass is 79.9. The smallest absolute Gasteiger partial charge is 0.0212 e. The van der Waals surface area contributed by atoms with Crippen LogP contribution in [0.3, 0.4) is 0 Å². The van der Waals surface area contributed by atoms with Gasteiger partial charge in [-0.25, -0.2) is 0 Å². The van der Waals surface area contributed by atoms with Crippen molar-refractivity contribution in [3.05, 3.63) is 12.2 Å². The number of hydrogen-bond donors (Lipinski definition) is 0. The fraction of sp³-hybridized carbons (Fsp3) is 0.556. The monoisotopic (exact) mass is 200 g/mol. The highest BCUT2D eigenvalue weighted by molar-refractivity contribution is 9.09. The molecule has 1 heteroatoms. The molecule has 0 aliphatic carbocycles. The van der Waals surface area contributed by atoms with Crippen LogP contribution in [-0.4, -0.2) is 5.33 Å². The molecule has 10 heavy (non-hydrogen) atoms. The van der Waals surface area contributed by atoms with Gasteiger partial charge in [0.15, 0.2) is 0 Å². The molecule has 0 nitrogen and oxygen atoms in total. The summed E-state index contributed by atoms with van der Waals surface area (Å²) < 4.78 is 0. The van der Waals surface area contributed by atoms with E-state index in [1.807, 2.05) is 6.92 Å². The molecule has 0 saturated heterocycles. The second-order valence-electron chi connectivity index (χ2n) is 1.94. The number of alkyl halides is 1. The van der Waals surface area contributed by atoms with Crippen LogP contribution in [0.4, 0.5) is 0 Å². The molecule has 0 bridgehead atoms. The van der Waals surface area contributed by atoms with E-state index in [2.05, 4.69) is 39.9 Å². The molecule has 0 N–H and O–H groups in total. The third kappa shape index (κ3) is 7.78. The molecule has 0 amide bonds. The van der Waals surface area contributed by atoms with Gasteiger partial charge in [-0.2, -0.15) is 0 Å². The first-order valence-electron chi connectivity index (χ1n) is 3.52. The van der Waals surface area contributed by atoms with Gasteiger partial charge in [-0.1, -0.05) is 28.1 Å². The molecular formula is C9H13Br. The Morgan fingerprint density at radius 1 is 1.40 bits per heavy atom. The van der Waals surface area contributed by atoms with Crippen molar-refractivity contribution in [2.45, 2.75) is 26.2 Å². The summed E-state index contributed by atoms with van der Waals surface area (Å²) in [7, 11) is 0. The maximum Gasteiger partial charge on any atom is 0.0212 e. The van der Waals surface area contributed by atoms with Gasteiger partial charge < -0.3 is 0 Å². The van der Waals surface area contributed by atoms with Gasteiger partial charge >= 0.3 is 0 Å². The molecule has 0 aromatic rings. The zero-order chi connectivity index (χ0) is 7.66. The Morgan fingerprint density at radius 2 is 2.20 bits per heavy atom. The second-order valence-corrected chi connectivity index (χ2v) is 2.59. The lowest BCUT2D eigenvalue weighted by molar-refractivity contribution is 0.884. The number of halogens is 1. The summed E-state index contributed by atoms with van der Waals surface area (Å²) in [5.41, 5.74) is 0. The van der Waals surface area contributed by atoms with Crippen molar-refractivity contribution in [3.8, 4) is 11.8 Å². The summed E-state index contributed by atoms with van der Waals surface area (Å²) in [6.07, 6.45) is 7.68. The largest absolute Gasteiger partial charge is 0.107 e. The Kier molecular flexibility index (Phi) is 8.59. The molecule has 0 atom stereocenters. The Morgan fingerprint density at radius 3 is 2.80 bits per heavy atom. The standard InChI is InChI=1S/C9H13Br/c1-2-3-4-5-6-7-8-9-10/h7-8H,4-6,9H2,1H3/b8-7+. The van der Waals surface area contributed by atoms with Gasteiger partial charge in [0.25, 0.3) is 0 Å². The van der Waals surface area contributed by atoms with Crippen LogP contribution in [0.5, 0.6) is 0 Å². The van der Waals surface area contributed by atoms with Gasteiger partial charge in [0.1, 0.15) is 0 Å². The Labute approximate surface area is 71.8 Å². The van der Waals surface area contributed by atoms with Crippen LogP contribution in [0.1, 0.15) is 26.2 Å². The maximum absolute atomic E-state index is 3.32. The molecule has 0 saturated carbocycles. The van der Waals surface area contributed by atoms with Crippen LogP contribution in [-0.2, 0) is 0 Å². The van der Waals surface area contributed by atoms with Crippen molar-refractivity contribution >= 4 is 15.9 Å². The fourth-order valence-corrected chi connectivity index (χ4v) is 0.878. The summed E-state index contributed by atoms with van der Waals surface area (Å²) in [5, 5.41) is 0.965. The molecule has 0 aliphatic heterocycles. The van der Waals surface area contributed by atoms with Crippen molar-refractivity contribution in [1.29, 1.82) is 0 Å². The molecule has 0 heterocycles. The third-order valence-electron chi connectivity index (χ3n) is 1.11. The predicted molar refractivity (Wildman–Crippen MR) is 50.2 cm³/mol. The minimum Gasteiger partial charge on any atom is -0.107 e. The Balaban J connectivity index is 3.02. The number of hydrogen-bond acceptors (Lipinski definition) is 0. The third-order valence-corrected chi connectivity index (χ3v) is 1.48. The molecule has 56 valence electrons. The van der Waals surface area contributed by atoms with Crippen LogP contribution in [0.15, 0.2) is 12.2 Å². The number of rotatable bonds is 4. The molecule has 0 radical (unpaired) electrons. The van der Waals surface area contributed by atoms with Crippen LogP contribution in [0, 0.1) is 11.8 Å². The Bertz CT molecular complexity index is 137. The van der Waals surface area contributed by atoms with E-state index in [0.29, 0.717) is 0 Å². The lowest BCUT2D eigenvalue weighted by Gasteiger charge is -1.85. The van der Waals surface area contributed by atoms with Crippen molar-refractivity contribution in [3.63, 3.8) is 0 Å². The quantitative estimate of drug-likeness (QED) is 0.283. The highest BCUT2D eigenvalue weighted by Crippen LogP contribution is 1.95. The van der Waals surface area contributed by atoms with Gasteiger partial charge in [0.2, 0.25) is 0 Å². The first-order chi connectivity index (χ1) is 4.91. The zero-order valence-corrected chi connectivity index (χ0v) is 7.95. The summed E-state index contributed by atoms with van der Waals surface area (Å²) in [6, 6.07) is 0. The molecule has 0 aromatic heterocycles.